The monoisotopic (exact) mass is 255 g/mol. The van der Waals surface area contributed by atoms with Crippen LogP contribution in [0.3, 0.4) is 0 Å². The van der Waals surface area contributed by atoms with Crippen molar-refractivity contribution in [3.05, 3.63) is 59.0 Å². The van der Waals surface area contributed by atoms with Gasteiger partial charge in [-0.15, -0.1) is 0 Å². The van der Waals surface area contributed by atoms with Gasteiger partial charge in [-0.3, -0.25) is 9.98 Å². The molecule has 1 aromatic carbocycles. The standard InChI is InChI=1S/C15H14FN3/c1-9-10(2)19(12-5-3-11(16)4-6-12)15-13(14(9)17)7-8-18-15/h3-8,17-18H,1-2H3. The number of pyridine rings is 1. The van der Waals surface area contributed by atoms with E-state index in [9.17, 15) is 4.39 Å². The molecule has 0 fully saturated rings. The Hall–Kier alpha value is -2.36. The Morgan fingerprint density at radius 3 is 2.47 bits per heavy atom. The molecule has 4 heteroatoms. The average molecular weight is 255 g/mol. The Balaban J connectivity index is 2.43. The van der Waals surface area contributed by atoms with Crippen LogP contribution < -0.4 is 5.36 Å². The van der Waals surface area contributed by atoms with Gasteiger partial charge >= 0.3 is 0 Å². The Bertz CT molecular complexity index is 810. The highest BCUT2D eigenvalue weighted by molar-refractivity contribution is 5.78. The first-order chi connectivity index (χ1) is 9.09. The van der Waals surface area contributed by atoms with Gasteiger partial charge in [-0.25, -0.2) is 4.39 Å². The topological polar surface area (TPSA) is 44.6 Å². The molecule has 0 saturated heterocycles. The SMILES string of the molecule is Cc1c(C)n(-c2ccc(F)cc2)c2[nH]ccc2c1=N. The van der Waals surface area contributed by atoms with Crippen LogP contribution in [0.5, 0.6) is 0 Å². The van der Waals surface area contributed by atoms with E-state index < -0.39 is 0 Å². The molecular formula is C15H14FN3. The third kappa shape index (κ3) is 1.68. The van der Waals surface area contributed by atoms with Crippen LogP contribution in [0, 0.1) is 25.1 Å². The Morgan fingerprint density at radius 1 is 1.11 bits per heavy atom. The summed E-state index contributed by atoms with van der Waals surface area (Å²) >= 11 is 0. The maximum Gasteiger partial charge on any atom is 0.124 e. The number of aromatic amines is 1. The number of benzene rings is 1. The molecule has 19 heavy (non-hydrogen) atoms. The normalized spacial score (nSPS) is 11.1. The summed E-state index contributed by atoms with van der Waals surface area (Å²) in [6.07, 6.45) is 1.82. The zero-order chi connectivity index (χ0) is 13.6. The molecule has 0 amide bonds. The van der Waals surface area contributed by atoms with Crippen molar-refractivity contribution in [1.29, 1.82) is 5.41 Å². The number of rotatable bonds is 1. The van der Waals surface area contributed by atoms with Gasteiger partial charge in [0.2, 0.25) is 0 Å². The van der Waals surface area contributed by atoms with E-state index in [2.05, 4.69) is 4.98 Å². The van der Waals surface area contributed by atoms with Crippen LogP contribution in [0.2, 0.25) is 0 Å². The van der Waals surface area contributed by atoms with Crippen LogP contribution in [-0.4, -0.2) is 9.55 Å². The summed E-state index contributed by atoms with van der Waals surface area (Å²) < 4.78 is 15.1. The second-order valence-electron chi connectivity index (χ2n) is 4.64. The van der Waals surface area contributed by atoms with Crippen molar-refractivity contribution in [2.45, 2.75) is 13.8 Å². The lowest BCUT2D eigenvalue weighted by molar-refractivity contribution is 0.627. The highest BCUT2D eigenvalue weighted by Crippen LogP contribution is 2.20. The lowest BCUT2D eigenvalue weighted by Gasteiger charge is -2.15. The number of hydrogen-bond acceptors (Lipinski definition) is 1. The molecule has 0 radical (unpaired) electrons. The molecule has 0 aliphatic heterocycles. The van der Waals surface area contributed by atoms with Crippen molar-refractivity contribution in [1.82, 2.24) is 9.55 Å². The predicted molar refractivity (Wildman–Crippen MR) is 72.9 cm³/mol. The highest BCUT2D eigenvalue weighted by Gasteiger charge is 2.11. The van der Waals surface area contributed by atoms with Gasteiger partial charge in [-0.1, -0.05) is 0 Å². The fourth-order valence-corrected chi connectivity index (χ4v) is 2.38. The van der Waals surface area contributed by atoms with Crippen LogP contribution >= 0.6 is 0 Å². The molecule has 96 valence electrons. The van der Waals surface area contributed by atoms with Crippen molar-refractivity contribution in [3.8, 4) is 5.69 Å². The van der Waals surface area contributed by atoms with E-state index in [4.69, 9.17) is 5.41 Å². The van der Waals surface area contributed by atoms with Gasteiger partial charge < -0.3 is 4.98 Å². The Kier molecular flexibility index (Phi) is 2.52. The molecule has 3 nitrogen and oxygen atoms in total. The smallest absolute Gasteiger partial charge is 0.124 e. The minimum atomic E-state index is -0.251. The Morgan fingerprint density at radius 2 is 1.79 bits per heavy atom. The van der Waals surface area contributed by atoms with Gasteiger partial charge in [0.05, 0.1) is 5.36 Å². The molecular weight excluding hydrogens is 241 g/mol. The maximum atomic E-state index is 13.1. The average Bonchev–Trinajstić information content (AvgIpc) is 2.88. The summed E-state index contributed by atoms with van der Waals surface area (Å²) in [4.78, 5) is 3.16. The van der Waals surface area contributed by atoms with Crippen LogP contribution in [-0.2, 0) is 0 Å². The van der Waals surface area contributed by atoms with Gasteiger partial charge in [-0.2, -0.15) is 0 Å². The molecule has 0 aliphatic rings. The van der Waals surface area contributed by atoms with Crippen molar-refractivity contribution in [3.63, 3.8) is 0 Å². The van der Waals surface area contributed by atoms with E-state index in [-0.39, 0.29) is 5.82 Å². The molecule has 0 bridgehead atoms. The van der Waals surface area contributed by atoms with Gasteiger partial charge in [0.1, 0.15) is 11.5 Å². The molecule has 3 rings (SSSR count). The lowest BCUT2D eigenvalue weighted by atomic mass is 10.1. The quantitative estimate of drug-likeness (QED) is 0.671. The van der Waals surface area contributed by atoms with Gasteiger partial charge in [0.15, 0.2) is 0 Å². The minimum Gasteiger partial charge on any atom is -0.347 e. The summed E-state index contributed by atoms with van der Waals surface area (Å²) in [5, 5.41) is 9.55. The van der Waals surface area contributed by atoms with Gasteiger partial charge in [0.25, 0.3) is 0 Å². The van der Waals surface area contributed by atoms with Crippen molar-refractivity contribution in [2.75, 3.05) is 0 Å². The third-order valence-corrected chi connectivity index (χ3v) is 3.56. The van der Waals surface area contributed by atoms with E-state index in [1.807, 2.05) is 30.7 Å². The number of nitrogens with one attached hydrogen (secondary N) is 2. The first-order valence-electron chi connectivity index (χ1n) is 6.09. The van der Waals surface area contributed by atoms with Crippen molar-refractivity contribution >= 4 is 11.0 Å². The van der Waals surface area contributed by atoms with Crippen LogP contribution in [0.25, 0.3) is 16.7 Å². The van der Waals surface area contributed by atoms with Crippen molar-refractivity contribution in [2.24, 2.45) is 0 Å². The molecule has 0 unspecified atom stereocenters. The molecule has 0 saturated carbocycles. The van der Waals surface area contributed by atoms with Gasteiger partial charge in [-0.05, 0) is 49.7 Å². The summed E-state index contributed by atoms with van der Waals surface area (Å²) in [6, 6.07) is 8.27. The van der Waals surface area contributed by atoms with Crippen LogP contribution in [0.1, 0.15) is 11.3 Å². The first kappa shape index (κ1) is 11.7. The number of aromatic nitrogens is 2. The first-order valence-corrected chi connectivity index (χ1v) is 6.09. The van der Waals surface area contributed by atoms with E-state index in [0.717, 1.165) is 28.0 Å². The zero-order valence-electron chi connectivity index (χ0n) is 10.8. The van der Waals surface area contributed by atoms with Gasteiger partial charge in [0, 0.05) is 23.0 Å². The number of fused-ring (bicyclic) bond motifs is 1. The van der Waals surface area contributed by atoms with Crippen LogP contribution in [0.4, 0.5) is 4.39 Å². The fraction of sp³-hybridized carbons (Fsp3) is 0.133. The predicted octanol–water partition coefficient (Wildman–Crippen LogP) is 3.19. The van der Waals surface area contributed by atoms with Crippen molar-refractivity contribution < 1.29 is 4.39 Å². The molecule has 2 heterocycles. The second-order valence-corrected chi connectivity index (χ2v) is 4.64. The zero-order valence-corrected chi connectivity index (χ0v) is 10.8. The molecule has 2 aromatic heterocycles. The summed E-state index contributed by atoms with van der Waals surface area (Å²) in [5.41, 5.74) is 3.65. The largest absolute Gasteiger partial charge is 0.347 e. The minimum absolute atomic E-state index is 0.251. The number of nitrogens with zero attached hydrogens (tertiary/aromatic N) is 1. The number of H-pyrrole nitrogens is 1. The molecule has 0 spiro atoms. The summed E-state index contributed by atoms with van der Waals surface area (Å²) in [7, 11) is 0. The third-order valence-electron chi connectivity index (χ3n) is 3.56. The summed E-state index contributed by atoms with van der Waals surface area (Å²) in [5.74, 6) is -0.251. The van der Waals surface area contributed by atoms with Crippen LogP contribution in [0.15, 0.2) is 36.5 Å². The van der Waals surface area contributed by atoms with E-state index in [1.165, 1.54) is 12.1 Å². The van der Waals surface area contributed by atoms with E-state index in [0.29, 0.717) is 5.36 Å². The van der Waals surface area contributed by atoms with E-state index in [1.54, 1.807) is 12.1 Å². The molecule has 3 aromatic rings. The fourth-order valence-electron chi connectivity index (χ4n) is 2.38. The summed E-state index contributed by atoms with van der Waals surface area (Å²) in [6.45, 7) is 3.90. The molecule has 0 aliphatic carbocycles. The maximum absolute atomic E-state index is 13.1. The molecule has 0 atom stereocenters. The lowest BCUT2D eigenvalue weighted by Crippen LogP contribution is -2.15. The second kappa shape index (κ2) is 4.09. The number of halogens is 1. The molecule has 2 N–H and O–H groups in total. The van der Waals surface area contributed by atoms with E-state index >= 15 is 0 Å². The Labute approximate surface area is 109 Å². The highest BCUT2D eigenvalue weighted by atomic mass is 19.1. The number of hydrogen-bond donors (Lipinski definition) is 2.